The molecule has 0 aliphatic heterocycles. The van der Waals surface area contributed by atoms with Crippen LogP contribution in [0.4, 0.5) is 0 Å². The number of para-hydroxylation sites is 1. The fourth-order valence-corrected chi connectivity index (χ4v) is 8.96. The monoisotopic (exact) mass is 1070 g/mol. The summed E-state index contributed by atoms with van der Waals surface area (Å²) in [5, 5.41) is 11.8. The summed E-state index contributed by atoms with van der Waals surface area (Å²) in [6, 6.07) is 67.0. The van der Waals surface area contributed by atoms with E-state index in [0.717, 1.165) is 77.9 Å². The summed E-state index contributed by atoms with van der Waals surface area (Å²) >= 11 is 0. The number of imidazole rings is 1. The second-order valence-electron chi connectivity index (χ2n) is 19.4. The van der Waals surface area contributed by atoms with Crippen molar-refractivity contribution in [1.82, 2.24) is 14.5 Å². The van der Waals surface area contributed by atoms with E-state index in [-0.39, 0.29) is 37.6 Å². The Morgan fingerprint density at radius 2 is 1.10 bits per heavy atom. The molecule has 5 heteroatoms. The van der Waals surface area contributed by atoms with Gasteiger partial charge in [0.05, 0.1) is 22.3 Å². The van der Waals surface area contributed by atoms with Crippen LogP contribution in [0.15, 0.2) is 194 Å². The first-order valence-corrected chi connectivity index (χ1v) is 22.9. The minimum Gasteiger partial charge on any atom is -0.507 e. The molecule has 4 nitrogen and oxygen atoms in total. The molecule has 2 heterocycles. The van der Waals surface area contributed by atoms with E-state index in [1.165, 1.54) is 5.56 Å². The molecule has 0 atom stereocenters. The molecule has 2 aromatic heterocycles. The number of aryl methyl sites for hydroxylation is 1. The molecular formula is C63H54N3OPt-. The molecule has 0 bridgehead atoms. The van der Waals surface area contributed by atoms with Crippen molar-refractivity contribution in [3.8, 4) is 89.7 Å². The van der Waals surface area contributed by atoms with Gasteiger partial charge < -0.3 is 5.11 Å². The Labute approximate surface area is 419 Å². The van der Waals surface area contributed by atoms with Gasteiger partial charge in [0.1, 0.15) is 11.6 Å². The van der Waals surface area contributed by atoms with E-state index in [0.29, 0.717) is 28.2 Å². The first kappa shape index (κ1) is 42.2. The van der Waals surface area contributed by atoms with Crippen LogP contribution in [0, 0.1) is 12.9 Å². The molecule has 10 rings (SSSR count). The van der Waals surface area contributed by atoms with Gasteiger partial charge in [-0.3, -0.25) is 9.55 Å². The predicted octanol–water partition coefficient (Wildman–Crippen LogP) is 16.5. The first-order chi connectivity index (χ1) is 33.5. The molecule has 0 aliphatic carbocycles. The van der Waals surface area contributed by atoms with Gasteiger partial charge >= 0.3 is 0 Å². The van der Waals surface area contributed by atoms with Gasteiger partial charge in [0.2, 0.25) is 0 Å². The largest absolute Gasteiger partial charge is 0.507 e. The number of fused-ring (bicyclic) bond motifs is 1. The quantitative estimate of drug-likeness (QED) is 0.154. The maximum atomic E-state index is 11.8. The molecule has 0 saturated carbocycles. The molecule has 0 amide bonds. The average Bonchev–Trinajstić information content (AvgIpc) is 3.75. The van der Waals surface area contributed by atoms with E-state index in [4.69, 9.17) is 14.1 Å². The maximum absolute atomic E-state index is 11.8. The maximum Gasteiger partial charge on any atom is 0.148 e. The van der Waals surface area contributed by atoms with Crippen LogP contribution in [0.5, 0.6) is 5.75 Å². The zero-order chi connectivity index (χ0) is 49.0. The number of benzene rings is 8. The van der Waals surface area contributed by atoms with E-state index in [9.17, 15) is 5.11 Å². The molecule has 0 radical (unpaired) electrons. The number of aromatic hydroxyl groups is 1. The van der Waals surface area contributed by atoms with Crippen LogP contribution in [0.25, 0.3) is 95.0 Å². The van der Waals surface area contributed by atoms with Crippen LogP contribution in [0.3, 0.4) is 0 Å². The Balaban J connectivity index is 0.00000624. The Hall–Kier alpha value is -7.13. The number of hydrogen-bond donors (Lipinski definition) is 1. The van der Waals surface area contributed by atoms with Crippen molar-refractivity contribution >= 4 is 11.0 Å². The molecule has 0 aliphatic rings. The van der Waals surface area contributed by atoms with Gasteiger partial charge in [-0.25, -0.2) is 4.98 Å². The van der Waals surface area contributed by atoms with Crippen molar-refractivity contribution in [2.45, 2.75) is 59.2 Å². The van der Waals surface area contributed by atoms with Crippen LogP contribution in [0.2, 0.25) is 0 Å². The van der Waals surface area contributed by atoms with E-state index in [1.807, 2.05) is 84.9 Å². The van der Waals surface area contributed by atoms with Crippen molar-refractivity contribution in [2.24, 2.45) is 0 Å². The third-order valence-corrected chi connectivity index (χ3v) is 12.7. The van der Waals surface area contributed by atoms with Gasteiger partial charge in [-0.2, -0.15) is 0 Å². The fraction of sp³-hybridized carbons (Fsp3) is 0.143. The second kappa shape index (κ2) is 18.5. The Morgan fingerprint density at radius 1 is 0.500 bits per heavy atom. The van der Waals surface area contributed by atoms with Crippen LogP contribution >= 0.6 is 0 Å². The standard InChI is InChI=1S/C63H54N3O.Pt/c1-41-26-27-45(37-53(41)43-20-13-9-14-21-43)46-32-33-64-56(38-46)49-35-47(42-18-11-8-12-19-42)34-48(36-49)52-24-17-25-58-60(52)65-61(55-40-51(63(5,6)7)29-31-59(55)67)66(58)57-30-28-50(62(2,3)4)39-54(57)44-22-15-10-16-23-44;/h8-35,37-40,67H,1-7H3;/q-1;/i1D3;. The molecule has 0 fully saturated rings. The summed E-state index contributed by atoms with van der Waals surface area (Å²) in [4.78, 5) is 10.5. The number of nitrogens with zero attached hydrogens (tertiary/aromatic N) is 3. The number of pyridine rings is 1. The topological polar surface area (TPSA) is 50.9 Å². The van der Waals surface area contributed by atoms with Crippen molar-refractivity contribution in [2.75, 3.05) is 0 Å². The van der Waals surface area contributed by atoms with Gasteiger partial charge in [0.25, 0.3) is 0 Å². The summed E-state index contributed by atoms with van der Waals surface area (Å²) in [7, 11) is 0. The molecule has 8 aromatic carbocycles. The van der Waals surface area contributed by atoms with Crippen molar-refractivity contribution < 1.29 is 30.3 Å². The minimum absolute atomic E-state index is 0. The smallest absolute Gasteiger partial charge is 0.148 e. The minimum atomic E-state index is -2.28. The molecule has 0 spiro atoms. The zero-order valence-corrected chi connectivity index (χ0v) is 41.4. The number of hydrogen-bond acceptors (Lipinski definition) is 3. The number of phenols is 1. The summed E-state index contributed by atoms with van der Waals surface area (Å²) in [5.41, 5.74) is 16.2. The van der Waals surface area contributed by atoms with Crippen molar-refractivity contribution in [1.29, 1.82) is 0 Å². The third-order valence-electron chi connectivity index (χ3n) is 12.7. The fourth-order valence-electron chi connectivity index (χ4n) is 8.96. The van der Waals surface area contributed by atoms with Gasteiger partial charge in [0.15, 0.2) is 0 Å². The van der Waals surface area contributed by atoms with Gasteiger partial charge in [-0.15, -0.1) is 23.8 Å². The van der Waals surface area contributed by atoms with Gasteiger partial charge in [0, 0.05) is 42.6 Å². The number of aromatic nitrogens is 3. The van der Waals surface area contributed by atoms with E-state index < -0.39 is 6.85 Å². The van der Waals surface area contributed by atoms with E-state index >= 15 is 0 Å². The molecular weight excluding hydrogens is 1010 g/mol. The van der Waals surface area contributed by atoms with E-state index in [2.05, 4.69) is 143 Å². The van der Waals surface area contributed by atoms with E-state index in [1.54, 1.807) is 18.3 Å². The molecule has 68 heavy (non-hydrogen) atoms. The van der Waals surface area contributed by atoms with Gasteiger partial charge in [-0.05, 0) is 110 Å². The summed E-state index contributed by atoms with van der Waals surface area (Å²) in [5.74, 6) is 0.772. The normalized spacial score (nSPS) is 12.5. The van der Waals surface area contributed by atoms with Crippen LogP contribution in [-0.2, 0) is 31.9 Å². The van der Waals surface area contributed by atoms with Crippen LogP contribution < -0.4 is 0 Å². The molecule has 0 saturated heterocycles. The Morgan fingerprint density at radius 3 is 1.76 bits per heavy atom. The first-order valence-electron chi connectivity index (χ1n) is 24.4. The molecule has 338 valence electrons. The molecule has 0 unspecified atom stereocenters. The number of phenolic OH excluding ortho intramolecular Hbond substituents is 1. The Bertz CT molecular complexity index is 3550. The Kier molecular flexibility index (Phi) is 11.5. The summed E-state index contributed by atoms with van der Waals surface area (Å²) < 4.78 is 27.2. The van der Waals surface area contributed by atoms with Crippen molar-refractivity contribution in [3.05, 3.63) is 217 Å². The summed E-state index contributed by atoms with van der Waals surface area (Å²) in [6.45, 7) is 11.0. The van der Waals surface area contributed by atoms with Crippen molar-refractivity contribution in [3.63, 3.8) is 0 Å². The second-order valence-corrected chi connectivity index (χ2v) is 19.4. The van der Waals surface area contributed by atoms with Gasteiger partial charge in [-0.1, -0.05) is 192 Å². The van der Waals surface area contributed by atoms with Crippen LogP contribution in [0.1, 0.15) is 62.3 Å². The predicted molar refractivity (Wildman–Crippen MR) is 280 cm³/mol. The third kappa shape index (κ3) is 9.02. The zero-order valence-electron chi connectivity index (χ0n) is 42.1. The molecule has 1 N–H and O–H groups in total. The van der Waals surface area contributed by atoms with Crippen LogP contribution in [-0.4, -0.2) is 19.6 Å². The number of rotatable bonds is 8. The summed E-state index contributed by atoms with van der Waals surface area (Å²) in [6.07, 6.45) is 1.80. The SMILES string of the molecule is [2H]C([2H])([2H])c1ccc(-c2ccnc(-c3[c-]c(-c4cccc5c4nc(-c4cc(C(C)(C)C)ccc4O)n5-c4ccc(C(C)(C)C)cc4-c4ccccc4)cc(-c4ccccc4)c3)c2)cc1-c1ccccc1.[Pt]. The average molecular weight is 1070 g/mol. The molecule has 10 aromatic rings.